The van der Waals surface area contributed by atoms with Crippen molar-refractivity contribution in [2.24, 2.45) is 0 Å². The molecule has 0 unspecified atom stereocenters. The van der Waals surface area contributed by atoms with Crippen molar-refractivity contribution in [2.45, 2.75) is 5.33 Å². The minimum Gasteiger partial charge on any atom is -0.236 e. The fourth-order valence-electron chi connectivity index (χ4n) is 1.34. The summed E-state index contributed by atoms with van der Waals surface area (Å²) in [7, 11) is 0. The van der Waals surface area contributed by atoms with Crippen molar-refractivity contribution < 1.29 is 0 Å². The summed E-state index contributed by atoms with van der Waals surface area (Å²) in [5.41, 5.74) is 2.15. The SMILES string of the molecule is N#Cn1ccnc1-c1ccc(CBr)cc1. The Kier molecular flexibility index (Phi) is 2.84. The molecule has 0 aliphatic heterocycles. The highest BCUT2D eigenvalue weighted by Gasteiger charge is 2.04. The number of hydrogen-bond acceptors (Lipinski definition) is 2. The molecule has 4 heteroatoms. The molecule has 0 aliphatic rings. The van der Waals surface area contributed by atoms with E-state index in [0.717, 1.165) is 10.9 Å². The average molecular weight is 262 g/mol. The Bertz CT molecular complexity index is 493. The maximum Gasteiger partial charge on any atom is 0.190 e. The Balaban J connectivity index is 2.42. The summed E-state index contributed by atoms with van der Waals surface area (Å²) in [6.45, 7) is 0. The van der Waals surface area contributed by atoms with E-state index in [1.54, 1.807) is 12.4 Å². The van der Waals surface area contributed by atoms with Gasteiger partial charge in [0.1, 0.15) is 0 Å². The maximum absolute atomic E-state index is 8.83. The van der Waals surface area contributed by atoms with Crippen molar-refractivity contribution in [1.82, 2.24) is 9.55 Å². The van der Waals surface area contributed by atoms with E-state index in [-0.39, 0.29) is 0 Å². The molecule has 0 atom stereocenters. The average Bonchev–Trinajstić information content (AvgIpc) is 2.77. The number of nitrogens with zero attached hydrogens (tertiary/aromatic N) is 3. The second-order valence-corrected chi connectivity index (χ2v) is 3.61. The van der Waals surface area contributed by atoms with E-state index in [2.05, 4.69) is 20.9 Å². The van der Waals surface area contributed by atoms with Gasteiger partial charge in [-0.05, 0) is 5.56 Å². The maximum atomic E-state index is 8.83. The first kappa shape index (κ1) is 9.94. The molecular weight excluding hydrogens is 254 g/mol. The van der Waals surface area contributed by atoms with Crippen LogP contribution in [0.15, 0.2) is 36.7 Å². The van der Waals surface area contributed by atoms with Crippen LogP contribution in [0.2, 0.25) is 0 Å². The summed E-state index contributed by atoms with van der Waals surface area (Å²) in [6, 6.07) is 7.96. The van der Waals surface area contributed by atoms with Gasteiger partial charge in [0.15, 0.2) is 12.0 Å². The normalized spacial score (nSPS) is 9.87. The number of imidazole rings is 1. The van der Waals surface area contributed by atoms with Gasteiger partial charge < -0.3 is 0 Å². The van der Waals surface area contributed by atoms with E-state index in [4.69, 9.17) is 5.26 Å². The van der Waals surface area contributed by atoms with Crippen LogP contribution < -0.4 is 0 Å². The summed E-state index contributed by atoms with van der Waals surface area (Å²) in [5, 5.41) is 9.67. The van der Waals surface area contributed by atoms with Gasteiger partial charge in [0, 0.05) is 23.3 Å². The zero-order valence-electron chi connectivity index (χ0n) is 7.89. The number of halogens is 1. The molecule has 0 saturated heterocycles. The van der Waals surface area contributed by atoms with Crippen molar-refractivity contribution >= 4 is 15.9 Å². The highest BCUT2D eigenvalue weighted by Crippen LogP contribution is 2.18. The van der Waals surface area contributed by atoms with Gasteiger partial charge in [-0.15, -0.1) is 0 Å². The first-order valence-electron chi connectivity index (χ1n) is 4.44. The molecule has 15 heavy (non-hydrogen) atoms. The Morgan fingerprint density at radius 2 is 2.07 bits per heavy atom. The van der Waals surface area contributed by atoms with Gasteiger partial charge in [0.05, 0.1) is 0 Å². The summed E-state index contributed by atoms with van der Waals surface area (Å²) in [5.74, 6) is 0.679. The first-order valence-corrected chi connectivity index (χ1v) is 5.56. The highest BCUT2D eigenvalue weighted by molar-refractivity contribution is 9.08. The lowest BCUT2D eigenvalue weighted by atomic mass is 10.1. The van der Waals surface area contributed by atoms with Crippen molar-refractivity contribution in [1.29, 1.82) is 5.26 Å². The predicted octanol–water partition coefficient (Wildman–Crippen LogP) is 2.77. The fourth-order valence-corrected chi connectivity index (χ4v) is 1.71. The van der Waals surface area contributed by atoms with Gasteiger partial charge in [-0.2, -0.15) is 5.26 Å². The van der Waals surface area contributed by atoms with Crippen molar-refractivity contribution in [3.8, 4) is 17.6 Å². The Hall–Kier alpha value is -1.60. The summed E-state index contributed by atoms with van der Waals surface area (Å²) in [4.78, 5) is 4.14. The largest absolute Gasteiger partial charge is 0.236 e. The van der Waals surface area contributed by atoms with Crippen LogP contribution in [0.4, 0.5) is 0 Å². The quantitative estimate of drug-likeness (QED) is 0.781. The number of aromatic nitrogens is 2. The van der Waals surface area contributed by atoms with Gasteiger partial charge in [-0.25, -0.2) is 9.55 Å². The van der Waals surface area contributed by atoms with E-state index >= 15 is 0 Å². The molecule has 1 heterocycles. The molecule has 1 aromatic heterocycles. The van der Waals surface area contributed by atoms with E-state index < -0.39 is 0 Å². The van der Waals surface area contributed by atoms with Crippen LogP contribution in [0.5, 0.6) is 0 Å². The molecule has 0 saturated carbocycles. The van der Waals surface area contributed by atoms with Gasteiger partial charge >= 0.3 is 0 Å². The number of rotatable bonds is 2. The smallest absolute Gasteiger partial charge is 0.190 e. The molecule has 0 N–H and O–H groups in total. The van der Waals surface area contributed by atoms with Crippen LogP contribution in [-0.4, -0.2) is 9.55 Å². The van der Waals surface area contributed by atoms with Gasteiger partial charge in [0.2, 0.25) is 0 Å². The molecule has 0 amide bonds. The van der Waals surface area contributed by atoms with Crippen molar-refractivity contribution in [2.75, 3.05) is 0 Å². The molecule has 0 spiro atoms. The van der Waals surface area contributed by atoms with Crippen LogP contribution in [0.1, 0.15) is 5.56 Å². The number of alkyl halides is 1. The number of hydrogen-bond donors (Lipinski definition) is 0. The molecule has 0 radical (unpaired) electrons. The topological polar surface area (TPSA) is 41.6 Å². The number of nitriles is 1. The van der Waals surface area contributed by atoms with Gasteiger partial charge in [0.25, 0.3) is 0 Å². The Morgan fingerprint density at radius 1 is 1.33 bits per heavy atom. The molecule has 0 bridgehead atoms. The monoisotopic (exact) mass is 261 g/mol. The lowest BCUT2D eigenvalue weighted by Gasteiger charge is -2.00. The summed E-state index contributed by atoms with van der Waals surface area (Å²) >= 11 is 3.39. The van der Waals surface area contributed by atoms with Crippen molar-refractivity contribution in [3.63, 3.8) is 0 Å². The van der Waals surface area contributed by atoms with Crippen LogP contribution in [-0.2, 0) is 5.33 Å². The van der Waals surface area contributed by atoms with E-state index in [1.807, 2.05) is 30.5 Å². The van der Waals surface area contributed by atoms with Crippen LogP contribution in [0.3, 0.4) is 0 Å². The Labute approximate surface area is 96.1 Å². The summed E-state index contributed by atoms with van der Waals surface area (Å²) in [6.07, 6.45) is 5.32. The van der Waals surface area contributed by atoms with Crippen LogP contribution in [0.25, 0.3) is 11.4 Å². The number of benzene rings is 1. The van der Waals surface area contributed by atoms with E-state index in [1.165, 1.54) is 10.1 Å². The van der Waals surface area contributed by atoms with E-state index in [9.17, 15) is 0 Å². The third-order valence-corrected chi connectivity index (χ3v) is 2.76. The third kappa shape index (κ3) is 1.92. The van der Waals surface area contributed by atoms with Crippen LogP contribution in [0, 0.1) is 11.5 Å². The fraction of sp³-hybridized carbons (Fsp3) is 0.0909. The lowest BCUT2D eigenvalue weighted by Crippen LogP contribution is -1.91. The standard InChI is InChI=1S/C11H8BrN3/c12-7-9-1-3-10(4-2-9)11-14-5-6-15(11)8-13/h1-6H,7H2. The first-order chi connectivity index (χ1) is 7.35. The molecule has 74 valence electrons. The van der Waals surface area contributed by atoms with Gasteiger partial charge in [-0.3, -0.25) is 0 Å². The second kappa shape index (κ2) is 4.28. The molecule has 1 aromatic carbocycles. The lowest BCUT2D eigenvalue weighted by molar-refractivity contribution is 1.09. The molecule has 2 rings (SSSR count). The van der Waals surface area contributed by atoms with Crippen molar-refractivity contribution in [3.05, 3.63) is 42.2 Å². The van der Waals surface area contributed by atoms with E-state index in [0.29, 0.717) is 5.82 Å². The highest BCUT2D eigenvalue weighted by atomic mass is 79.9. The molecule has 3 nitrogen and oxygen atoms in total. The predicted molar refractivity (Wildman–Crippen MR) is 61.3 cm³/mol. The minimum atomic E-state index is 0.679. The minimum absolute atomic E-state index is 0.679. The second-order valence-electron chi connectivity index (χ2n) is 3.05. The molecule has 2 aromatic rings. The summed E-state index contributed by atoms with van der Waals surface area (Å²) < 4.78 is 1.45. The molecule has 0 fully saturated rings. The molecular formula is C11H8BrN3. The van der Waals surface area contributed by atoms with Crippen LogP contribution >= 0.6 is 15.9 Å². The Morgan fingerprint density at radius 3 is 2.67 bits per heavy atom. The molecule has 0 aliphatic carbocycles. The van der Waals surface area contributed by atoms with Gasteiger partial charge in [-0.1, -0.05) is 40.2 Å². The zero-order chi connectivity index (χ0) is 10.7. The third-order valence-electron chi connectivity index (χ3n) is 2.11. The zero-order valence-corrected chi connectivity index (χ0v) is 9.48.